The Morgan fingerprint density at radius 2 is 2.04 bits per heavy atom. The van der Waals surface area contributed by atoms with E-state index in [1.165, 1.54) is 12.0 Å². The van der Waals surface area contributed by atoms with Crippen molar-refractivity contribution in [1.82, 2.24) is 20.1 Å². The van der Waals surface area contributed by atoms with Crippen LogP contribution in [0.3, 0.4) is 0 Å². The number of piperidine rings is 1. The van der Waals surface area contributed by atoms with Crippen LogP contribution in [0.2, 0.25) is 0 Å². The van der Waals surface area contributed by atoms with Crippen molar-refractivity contribution in [2.45, 2.75) is 38.5 Å². The second kappa shape index (κ2) is 7.45. The molecule has 0 spiro atoms. The molecule has 0 unspecified atom stereocenters. The molecule has 0 aromatic carbocycles. The van der Waals surface area contributed by atoms with Gasteiger partial charge in [0, 0.05) is 38.6 Å². The third-order valence-corrected chi connectivity index (χ3v) is 5.13. The number of rotatable bonds is 4. The van der Waals surface area contributed by atoms with Crippen LogP contribution in [0.1, 0.15) is 24.1 Å². The number of nitrogens with one attached hydrogen (secondary N) is 1. The molecule has 2 aromatic rings. The van der Waals surface area contributed by atoms with E-state index in [0.717, 1.165) is 44.2 Å². The van der Waals surface area contributed by atoms with Gasteiger partial charge in [0.1, 0.15) is 5.82 Å². The van der Waals surface area contributed by atoms with Gasteiger partial charge in [-0.1, -0.05) is 0 Å². The van der Waals surface area contributed by atoms with Crippen LogP contribution in [0.15, 0.2) is 36.7 Å². The van der Waals surface area contributed by atoms with Gasteiger partial charge in [0.2, 0.25) is 0 Å². The van der Waals surface area contributed by atoms with Crippen LogP contribution in [-0.4, -0.2) is 51.9 Å². The van der Waals surface area contributed by atoms with Crippen molar-refractivity contribution in [3.63, 3.8) is 0 Å². The van der Waals surface area contributed by atoms with E-state index in [-0.39, 0.29) is 12.1 Å². The second-order valence-corrected chi connectivity index (χ2v) is 7.10. The third-order valence-electron chi connectivity index (χ3n) is 5.13. The van der Waals surface area contributed by atoms with Gasteiger partial charge in [0.05, 0.1) is 17.8 Å². The van der Waals surface area contributed by atoms with Gasteiger partial charge in [-0.2, -0.15) is 5.10 Å². The van der Waals surface area contributed by atoms with Gasteiger partial charge in [-0.05, 0) is 55.5 Å². The lowest BCUT2D eigenvalue weighted by molar-refractivity contribution is -0.0747. The summed E-state index contributed by atoms with van der Waals surface area (Å²) in [6.07, 6.45) is 6.37. The Hall–Kier alpha value is -2.05. The van der Waals surface area contributed by atoms with Crippen LogP contribution in [0.5, 0.6) is 0 Å². The maximum Gasteiger partial charge on any atom is 0.149 e. The van der Waals surface area contributed by atoms with E-state index < -0.39 is 0 Å². The number of hydrogen-bond acceptors (Lipinski definition) is 6. The Balaban J connectivity index is 1.49. The molecule has 1 N–H and O–H groups in total. The standard InChI is InChI=1S/C19H25N5O/c1-14-4-5-18(23-22-14)21-17-13-24(11-15-6-8-20-9-7-15)12-16-3-2-10-25-19(16)17/h4-9,16-17,19H,2-3,10-13H2,1H3,(H,21,23)/t16-,17+,19-/m0/s1. The van der Waals surface area contributed by atoms with Gasteiger partial charge in [-0.25, -0.2) is 0 Å². The summed E-state index contributed by atoms with van der Waals surface area (Å²) in [5.41, 5.74) is 2.24. The van der Waals surface area contributed by atoms with Gasteiger partial charge >= 0.3 is 0 Å². The van der Waals surface area contributed by atoms with Crippen LogP contribution in [0.25, 0.3) is 0 Å². The highest BCUT2D eigenvalue weighted by molar-refractivity contribution is 5.35. The second-order valence-electron chi connectivity index (χ2n) is 7.10. The molecule has 0 amide bonds. The molecule has 132 valence electrons. The smallest absolute Gasteiger partial charge is 0.149 e. The summed E-state index contributed by atoms with van der Waals surface area (Å²) in [7, 11) is 0. The molecule has 4 heterocycles. The number of aryl methyl sites for hydroxylation is 1. The van der Waals surface area contributed by atoms with Gasteiger partial charge in [0.25, 0.3) is 0 Å². The summed E-state index contributed by atoms with van der Waals surface area (Å²) in [6.45, 7) is 5.80. The van der Waals surface area contributed by atoms with Crippen molar-refractivity contribution >= 4 is 5.82 Å². The molecule has 2 fully saturated rings. The lowest BCUT2D eigenvalue weighted by Gasteiger charge is -2.46. The van der Waals surface area contributed by atoms with Gasteiger partial charge in [-0.15, -0.1) is 5.10 Å². The fraction of sp³-hybridized carbons (Fsp3) is 0.526. The lowest BCUT2D eigenvalue weighted by atomic mass is 9.85. The zero-order valence-electron chi connectivity index (χ0n) is 14.6. The number of hydrogen-bond donors (Lipinski definition) is 1. The molecule has 2 aliphatic heterocycles. The Morgan fingerprint density at radius 3 is 2.84 bits per heavy atom. The van der Waals surface area contributed by atoms with E-state index in [9.17, 15) is 0 Å². The quantitative estimate of drug-likeness (QED) is 0.922. The molecule has 0 aliphatic carbocycles. The molecule has 25 heavy (non-hydrogen) atoms. The molecule has 2 saturated heterocycles. The summed E-state index contributed by atoms with van der Waals surface area (Å²) >= 11 is 0. The predicted octanol–water partition coefficient (Wildman–Crippen LogP) is 2.27. The van der Waals surface area contributed by atoms with E-state index in [1.54, 1.807) is 0 Å². The maximum absolute atomic E-state index is 6.14. The van der Waals surface area contributed by atoms with E-state index in [4.69, 9.17) is 4.74 Å². The van der Waals surface area contributed by atoms with Crippen molar-refractivity contribution < 1.29 is 4.74 Å². The van der Waals surface area contributed by atoms with Crippen LogP contribution in [0.4, 0.5) is 5.82 Å². The van der Waals surface area contributed by atoms with Crippen LogP contribution in [-0.2, 0) is 11.3 Å². The first-order valence-electron chi connectivity index (χ1n) is 9.08. The van der Waals surface area contributed by atoms with Crippen molar-refractivity contribution in [3.05, 3.63) is 47.9 Å². The van der Waals surface area contributed by atoms with Crippen LogP contribution in [0, 0.1) is 12.8 Å². The largest absolute Gasteiger partial charge is 0.376 e. The fourth-order valence-corrected chi connectivity index (χ4v) is 3.96. The number of likely N-dealkylation sites (tertiary alicyclic amines) is 1. The first kappa shape index (κ1) is 16.4. The van der Waals surface area contributed by atoms with Gasteiger partial charge < -0.3 is 10.1 Å². The molecule has 6 nitrogen and oxygen atoms in total. The number of pyridine rings is 1. The molecule has 0 bridgehead atoms. The predicted molar refractivity (Wildman–Crippen MR) is 96.2 cm³/mol. The highest BCUT2D eigenvalue weighted by Crippen LogP contribution is 2.30. The molecular weight excluding hydrogens is 314 g/mol. The van der Waals surface area contributed by atoms with Crippen molar-refractivity contribution in [3.8, 4) is 0 Å². The molecule has 6 heteroatoms. The van der Waals surface area contributed by atoms with Gasteiger partial charge in [0.15, 0.2) is 0 Å². The van der Waals surface area contributed by atoms with E-state index >= 15 is 0 Å². The zero-order valence-corrected chi connectivity index (χ0v) is 14.6. The summed E-state index contributed by atoms with van der Waals surface area (Å²) in [5, 5.41) is 12.0. The average Bonchev–Trinajstić information content (AvgIpc) is 2.64. The molecule has 0 radical (unpaired) electrons. The monoisotopic (exact) mass is 339 g/mol. The summed E-state index contributed by atoms with van der Waals surface area (Å²) in [4.78, 5) is 6.63. The number of ether oxygens (including phenoxy) is 1. The maximum atomic E-state index is 6.14. The van der Waals surface area contributed by atoms with Crippen molar-refractivity contribution in [2.75, 3.05) is 25.0 Å². The number of aromatic nitrogens is 3. The minimum absolute atomic E-state index is 0.234. The van der Waals surface area contributed by atoms with Crippen molar-refractivity contribution in [2.24, 2.45) is 5.92 Å². The Morgan fingerprint density at radius 1 is 1.16 bits per heavy atom. The molecular formula is C19H25N5O. The first-order chi connectivity index (χ1) is 12.3. The summed E-state index contributed by atoms with van der Waals surface area (Å²) < 4.78 is 6.14. The summed E-state index contributed by atoms with van der Waals surface area (Å²) in [5.74, 6) is 1.40. The van der Waals surface area contributed by atoms with Crippen molar-refractivity contribution in [1.29, 1.82) is 0 Å². The molecule has 4 rings (SSSR count). The normalized spacial score (nSPS) is 26.8. The van der Waals surface area contributed by atoms with E-state index in [2.05, 4.69) is 37.5 Å². The summed E-state index contributed by atoms with van der Waals surface area (Å²) in [6, 6.07) is 8.42. The molecule has 2 aliphatic rings. The Bertz CT molecular complexity index is 678. The highest BCUT2D eigenvalue weighted by Gasteiger charge is 2.39. The fourth-order valence-electron chi connectivity index (χ4n) is 3.96. The Kier molecular flexibility index (Phi) is 4.90. The zero-order chi connectivity index (χ0) is 17.1. The SMILES string of the molecule is Cc1ccc(N[C@@H]2CN(Cc3ccncc3)C[C@@H]3CCCO[C@@H]32)nn1. The topological polar surface area (TPSA) is 63.2 Å². The molecule has 3 atom stereocenters. The number of nitrogens with zero attached hydrogens (tertiary/aromatic N) is 4. The minimum atomic E-state index is 0.234. The lowest BCUT2D eigenvalue weighted by Crippen LogP contribution is -2.57. The third kappa shape index (κ3) is 3.96. The number of fused-ring (bicyclic) bond motifs is 1. The Labute approximate surface area is 148 Å². The first-order valence-corrected chi connectivity index (χ1v) is 9.08. The molecule has 2 aromatic heterocycles. The van der Waals surface area contributed by atoms with Crippen LogP contribution >= 0.6 is 0 Å². The number of anilines is 1. The highest BCUT2D eigenvalue weighted by atomic mass is 16.5. The van der Waals surface area contributed by atoms with Crippen LogP contribution < -0.4 is 5.32 Å². The minimum Gasteiger partial charge on any atom is -0.376 e. The van der Waals surface area contributed by atoms with E-state index in [0.29, 0.717) is 5.92 Å². The average molecular weight is 339 g/mol. The molecule has 0 saturated carbocycles. The van der Waals surface area contributed by atoms with E-state index in [1.807, 2.05) is 31.5 Å². The van der Waals surface area contributed by atoms with Gasteiger partial charge in [-0.3, -0.25) is 9.88 Å².